The van der Waals surface area contributed by atoms with E-state index in [4.69, 9.17) is 23.7 Å². The van der Waals surface area contributed by atoms with Crippen molar-refractivity contribution in [3.05, 3.63) is 23.3 Å². The number of allylic oxidation sites excluding steroid dienone is 1. The predicted octanol–water partition coefficient (Wildman–Crippen LogP) is 3.60. The standard InChI is InChI=1S/C29H40O10/c1-10-14(3)25(32)35-19-12-16(5)21-22(19)28(8,38-17(6)30)13-20(36-26(33)15(4)11-2)23-24(21)37-27(34)29(23,9)39-18(7)31/h10,12,15,19-24H,11,13H2,1-9H3/b14-10-/t15-,19+,20+,21+,22-,23-,24-,28+,29-/m1/s1. The van der Waals surface area contributed by atoms with Crippen LogP contribution in [-0.2, 0) is 47.7 Å². The van der Waals surface area contributed by atoms with Crippen LogP contribution < -0.4 is 0 Å². The van der Waals surface area contributed by atoms with Crippen molar-refractivity contribution in [2.24, 2.45) is 23.7 Å². The van der Waals surface area contributed by atoms with Crippen LogP contribution in [0.5, 0.6) is 0 Å². The van der Waals surface area contributed by atoms with Crippen LogP contribution in [0.15, 0.2) is 23.3 Å². The van der Waals surface area contributed by atoms with Crippen molar-refractivity contribution in [3.63, 3.8) is 0 Å². The fraction of sp³-hybridized carbons (Fsp3) is 0.690. The summed E-state index contributed by atoms with van der Waals surface area (Å²) in [5.41, 5.74) is -1.92. The Balaban J connectivity index is 2.21. The lowest BCUT2D eigenvalue weighted by Gasteiger charge is -2.41. The van der Waals surface area contributed by atoms with Crippen molar-refractivity contribution >= 4 is 29.8 Å². The fourth-order valence-electron chi connectivity index (χ4n) is 6.28. The number of esters is 5. The first-order chi connectivity index (χ1) is 18.1. The van der Waals surface area contributed by atoms with Gasteiger partial charge in [-0.25, -0.2) is 9.59 Å². The molecule has 3 rings (SSSR count). The molecule has 1 saturated heterocycles. The van der Waals surface area contributed by atoms with Crippen molar-refractivity contribution in [3.8, 4) is 0 Å². The number of carbonyl (C=O) groups excluding carboxylic acids is 5. The summed E-state index contributed by atoms with van der Waals surface area (Å²) >= 11 is 0. The van der Waals surface area contributed by atoms with Gasteiger partial charge in [-0.15, -0.1) is 0 Å². The molecule has 0 bridgehead atoms. The molecular weight excluding hydrogens is 508 g/mol. The van der Waals surface area contributed by atoms with Gasteiger partial charge >= 0.3 is 29.8 Å². The molecule has 1 heterocycles. The lowest BCUT2D eigenvalue weighted by Crippen LogP contribution is -2.51. The second-order valence-corrected chi connectivity index (χ2v) is 11.3. The van der Waals surface area contributed by atoms with E-state index in [1.165, 1.54) is 20.8 Å². The molecule has 0 N–H and O–H groups in total. The van der Waals surface area contributed by atoms with E-state index < -0.39 is 83.0 Å². The number of fused-ring (bicyclic) bond motifs is 3. The van der Waals surface area contributed by atoms with E-state index in [9.17, 15) is 24.0 Å². The van der Waals surface area contributed by atoms with Gasteiger partial charge in [0.25, 0.3) is 0 Å². The summed E-state index contributed by atoms with van der Waals surface area (Å²) in [4.78, 5) is 63.8. The van der Waals surface area contributed by atoms with Crippen LogP contribution in [0.4, 0.5) is 0 Å². The summed E-state index contributed by atoms with van der Waals surface area (Å²) in [6, 6.07) is 0. The minimum Gasteiger partial charge on any atom is -0.461 e. The van der Waals surface area contributed by atoms with E-state index >= 15 is 0 Å². The summed E-state index contributed by atoms with van der Waals surface area (Å²) in [6.07, 6.45) is 1.12. The Labute approximate surface area is 229 Å². The third kappa shape index (κ3) is 5.61. The molecular formula is C29H40O10. The van der Waals surface area contributed by atoms with Crippen LogP contribution in [0.1, 0.15) is 75.2 Å². The topological polar surface area (TPSA) is 132 Å². The van der Waals surface area contributed by atoms with Gasteiger partial charge in [0.2, 0.25) is 5.60 Å². The molecule has 10 nitrogen and oxygen atoms in total. The van der Waals surface area contributed by atoms with E-state index in [0.29, 0.717) is 12.0 Å². The molecule has 1 saturated carbocycles. The highest BCUT2D eigenvalue weighted by molar-refractivity contribution is 5.88. The third-order valence-electron chi connectivity index (χ3n) is 8.41. The van der Waals surface area contributed by atoms with Crippen LogP contribution in [0, 0.1) is 23.7 Å². The largest absolute Gasteiger partial charge is 0.461 e. The SMILES string of the molecule is C/C=C(/C)C(=O)O[C@H]1C=C(C)[C@@H]2[C@H]3OC(=O)[C@](C)(OC(C)=O)[C@@H]3[C@@H](OC(=O)[C@H](C)CC)C[C@](C)(OC(C)=O)[C@@H]21. The van der Waals surface area contributed by atoms with E-state index in [0.717, 1.165) is 5.57 Å². The number of rotatable bonds is 7. The minimum absolute atomic E-state index is 0.0393. The summed E-state index contributed by atoms with van der Waals surface area (Å²) in [5, 5.41) is 0. The van der Waals surface area contributed by atoms with Crippen LogP contribution in [0.3, 0.4) is 0 Å². The Kier molecular flexibility index (Phi) is 8.67. The number of hydrogen-bond acceptors (Lipinski definition) is 10. The molecule has 0 aromatic heterocycles. The Morgan fingerprint density at radius 2 is 1.69 bits per heavy atom. The van der Waals surface area contributed by atoms with E-state index in [2.05, 4.69) is 0 Å². The number of ether oxygens (including phenoxy) is 5. The maximum Gasteiger partial charge on any atom is 0.351 e. The second-order valence-electron chi connectivity index (χ2n) is 11.3. The molecule has 216 valence electrons. The monoisotopic (exact) mass is 548 g/mol. The average molecular weight is 549 g/mol. The summed E-state index contributed by atoms with van der Waals surface area (Å²) < 4.78 is 29.4. The zero-order chi connectivity index (χ0) is 29.4. The normalized spacial score (nSPS) is 36.4. The molecule has 0 unspecified atom stereocenters. The van der Waals surface area contributed by atoms with Crippen molar-refractivity contribution in [2.45, 2.75) is 105 Å². The van der Waals surface area contributed by atoms with Gasteiger partial charge < -0.3 is 23.7 Å². The molecule has 1 aliphatic heterocycles. The molecule has 9 atom stereocenters. The summed E-state index contributed by atoms with van der Waals surface area (Å²) in [5.74, 6) is -5.69. The second kappa shape index (κ2) is 11.1. The molecule has 3 aliphatic rings. The summed E-state index contributed by atoms with van der Waals surface area (Å²) in [6.45, 7) is 14.4. The first kappa shape index (κ1) is 30.4. The average Bonchev–Trinajstić information content (AvgIpc) is 3.25. The molecule has 2 fully saturated rings. The Morgan fingerprint density at radius 1 is 1.08 bits per heavy atom. The predicted molar refractivity (Wildman–Crippen MR) is 138 cm³/mol. The van der Waals surface area contributed by atoms with Crippen LogP contribution in [0.25, 0.3) is 0 Å². The minimum atomic E-state index is -1.76. The molecule has 10 heteroatoms. The Hall–Kier alpha value is -3.17. The number of hydrogen-bond donors (Lipinski definition) is 0. The molecule has 0 radical (unpaired) electrons. The quantitative estimate of drug-likeness (QED) is 0.201. The van der Waals surface area contributed by atoms with Crippen molar-refractivity contribution < 1.29 is 47.7 Å². The van der Waals surface area contributed by atoms with E-state index in [1.807, 2.05) is 13.8 Å². The zero-order valence-corrected chi connectivity index (χ0v) is 24.2. The van der Waals surface area contributed by atoms with Gasteiger partial charge in [-0.05, 0) is 47.1 Å². The maximum atomic E-state index is 13.3. The molecule has 0 spiro atoms. The van der Waals surface area contributed by atoms with Gasteiger partial charge in [0, 0.05) is 37.7 Å². The van der Waals surface area contributed by atoms with Gasteiger partial charge in [-0.2, -0.15) is 0 Å². The first-order valence-electron chi connectivity index (χ1n) is 13.4. The molecule has 2 aliphatic carbocycles. The molecule has 39 heavy (non-hydrogen) atoms. The Morgan fingerprint density at radius 3 is 2.23 bits per heavy atom. The van der Waals surface area contributed by atoms with E-state index in [-0.39, 0.29) is 6.42 Å². The third-order valence-corrected chi connectivity index (χ3v) is 8.41. The van der Waals surface area contributed by atoms with Crippen LogP contribution in [0.2, 0.25) is 0 Å². The molecule has 0 aromatic rings. The van der Waals surface area contributed by atoms with Crippen LogP contribution in [-0.4, -0.2) is 59.4 Å². The van der Waals surface area contributed by atoms with Crippen molar-refractivity contribution in [2.75, 3.05) is 0 Å². The molecule has 0 amide bonds. The van der Waals surface area contributed by atoms with E-state index in [1.54, 1.807) is 39.8 Å². The van der Waals surface area contributed by atoms with Crippen molar-refractivity contribution in [1.29, 1.82) is 0 Å². The van der Waals surface area contributed by atoms with Gasteiger partial charge in [0.1, 0.15) is 23.9 Å². The highest BCUT2D eigenvalue weighted by Crippen LogP contribution is 2.56. The van der Waals surface area contributed by atoms with Crippen molar-refractivity contribution in [1.82, 2.24) is 0 Å². The van der Waals surface area contributed by atoms with Gasteiger partial charge in [0.05, 0.1) is 11.8 Å². The van der Waals surface area contributed by atoms with Crippen LogP contribution >= 0.6 is 0 Å². The maximum absolute atomic E-state index is 13.3. The molecule has 0 aromatic carbocycles. The lowest BCUT2D eigenvalue weighted by atomic mass is 9.74. The lowest BCUT2D eigenvalue weighted by molar-refractivity contribution is -0.187. The summed E-state index contributed by atoms with van der Waals surface area (Å²) in [7, 11) is 0. The first-order valence-corrected chi connectivity index (χ1v) is 13.4. The highest BCUT2D eigenvalue weighted by Gasteiger charge is 2.69. The smallest absolute Gasteiger partial charge is 0.351 e. The Bertz CT molecular complexity index is 1110. The highest BCUT2D eigenvalue weighted by atomic mass is 16.6. The van der Waals surface area contributed by atoms with Gasteiger partial charge in [0.15, 0.2) is 0 Å². The van der Waals surface area contributed by atoms with Gasteiger partial charge in [-0.1, -0.05) is 25.5 Å². The zero-order valence-electron chi connectivity index (χ0n) is 24.2. The fourth-order valence-corrected chi connectivity index (χ4v) is 6.28. The number of carbonyl (C=O) groups is 5. The van der Waals surface area contributed by atoms with Gasteiger partial charge in [-0.3, -0.25) is 14.4 Å².